The van der Waals surface area contributed by atoms with Crippen LogP contribution in [-0.4, -0.2) is 6.66 Å². The molecule has 0 aliphatic carbocycles. The van der Waals surface area contributed by atoms with Crippen LogP contribution in [0.25, 0.3) is 0 Å². The maximum atomic E-state index is 2.50. The predicted molar refractivity (Wildman–Crippen MR) is 68.9 cm³/mol. The first kappa shape index (κ1) is 9.35. The molecule has 0 saturated carbocycles. The average Bonchev–Trinajstić information content (AvgIpc) is 0.650. The number of rotatable bonds is 0. The van der Waals surface area contributed by atoms with E-state index in [1.165, 1.54) is 0 Å². The molecule has 0 aromatic rings. The minimum absolute atomic E-state index is 1.17. The van der Waals surface area contributed by atoms with Crippen LogP contribution in [0.1, 0.15) is 0 Å². The van der Waals surface area contributed by atoms with Gasteiger partial charge in [-0.2, -0.15) is 0 Å². The topological polar surface area (TPSA) is 0 Å². The van der Waals surface area contributed by atoms with Crippen molar-refractivity contribution in [2.75, 3.05) is 6.66 Å². The monoisotopic (exact) mass is 554 g/mol. The summed E-state index contributed by atoms with van der Waals surface area (Å²) >= 11 is 10.0. The predicted octanol–water partition coefficient (Wildman–Crippen LogP) is 4.57. The van der Waals surface area contributed by atoms with Gasteiger partial charge in [-0.05, 0) is 0 Å². The summed E-state index contributed by atoms with van der Waals surface area (Å²) in [6.07, 6.45) is 0. The standard InChI is InChI=1S/CH3I4P/c1-6(2,3,4)5/h1H3. The third kappa shape index (κ3) is 26.4. The van der Waals surface area contributed by atoms with Gasteiger partial charge in [0, 0.05) is 0 Å². The van der Waals surface area contributed by atoms with Crippen molar-refractivity contribution in [3.8, 4) is 0 Å². The quantitative estimate of drug-likeness (QED) is 0.305. The first-order chi connectivity index (χ1) is 2.24. The van der Waals surface area contributed by atoms with Crippen molar-refractivity contribution in [3.63, 3.8) is 0 Å². The molecule has 0 N–H and O–H groups in total. The molecule has 0 bridgehead atoms. The third-order valence-electron chi connectivity index (χ3n) is 0. The Morgan fingerprint density at radius 3 is 1.00 bits per heavy atom. The summed E-state index contributed by atoms with van der Waals surface area (Å²) in [6, 6.07) is 0. The summed E-state index contributed by atoms with van der Waals surface area (Å²) in [5.41, 5.74) is 0. The van der Waals surface area contributed by atoms with E-state index in [9.17, 15) is 0 Å². The summed E-state index contributed by atoms with van der Waals surface area (Å²) in [5, 5.41) is 0. The molecule has 0 unspecified atom stereocenters. The van der Waals surface area contributed by atoms with Gasteiger partial charge in [-0.1, -0.05) is 0 Å². The second-order valence-corrected chi connectivity index (χ2v) is 65.4. The zero-order valence-corrected chi connectivity index (χ0v) is 12.5. The molecule has 0 atom stereocenters. The van der Waals surface area contributed by atoms with Gasteiger partial charge >= 0.3 is 92.0 Å². The van der Waals surface area contributed by atoms with E-state index in [4.69, 9.17) is 0 Å². The van der Waals surface area contributed by atoms with E-state index in [-0.39, 0.29) is 0 Å². The van der Waals surface area contributed by atoms with E-state index in [1.807, 2.05) is 0 Å². The van der Waals surface area contributed by atoms with Gasteiger partial charge in [-0.15, -0.1) is 0 Å². The molecule has 0 aliphatic rings. The summed E-state index contributed by atoms with van der Waals surface area (Å²) in [7, 11) is 0. The SMILES string of the molecule is CP(I)(I)(I)I. The van der Waals surface area contributed by atoms with E-state index in [0.29, 0.717) is 0 Å². The molecule has 0 saturated heterocycles. The van der Waals surface area contributed by atoms with Gasteiger partial charge in [0.2, 0.25) is 0 Å². The van der Waals surface area contributed by atoms with Gasteiger partial charge in [0.1, 0.15) is 0 Å². The molecular formula is CH3I4P. The van der Waals surface area contributed by atoms with Crippen molar-refractivity contribution in [1.82, 2.24) is 0 Å². The van der Waals surface area contributed by atoms with Crippen LogP contribution < -0.4 is 0 Å². The number of hydrogen-bond acceptors (Lipinski definition) is 0. The van der Waals surface area contributed by atoms with Gasteiger partial charge < -0.3 is 0 Å². The van der Waals surface area contributed by atoms with E-state index in [0.717, 1.165) is 0 Å². The van der Waals surface area contributed by atoms with Crippen molar-refractivity contribution >= 4 is 85.3 Å². The fraction of sp³-hybridized carbons (Fsp3) is 1.00. The molecule has 0 aromatic carbocycles. The van der Waals surface area contributed by atoms with Gasteiger partial charge in [-0.3, -0.25) is 0 Å². The summed E-state index contributed by atoms with van der Waals surface area (Å²) in [6.45, 7) is 2.29. The Kier molecular flexibility index (Phi) is 3.94. The average molecular weight is 554 g/mol. The van der Waals surface area contributed by atoms with Crippen LogP contribution in [-0.2, 0) is 0 Å². The van der Waals surface area contributed by atoms with Crippen LogP contribution in [0.15, 0.2) is 0 Å². The molecular weight excluding hydrogens is 551 g/mol. The molecule has 0 heterocycles. The van der Waals surface area contributed by atoms with Gasteiger partial charge in [0.25, 0.3) is 0 Å². The molecule has 40 valence electrons. The first-order valence-corrected chi connectivity index (χ1v) is 14.9. The molecule has 0 rings (SSSR count). The van der Waals surface area contributed by atoms with E-state index < -0.39 is -2.83 Å². The van der Waals surface area contributed by atoms with E-state index in [1.54, 1.807) is 0 Å². The summed E-state index contributed by atoms with van der Waals surface area (Å²) < 4.78 is -1.17. The Morgan fingerprint density at radius 2 is 1.00 bits per heavy atom. The van der Waals surface area contributed by atoms with Crippen molar-refractivity contribution in [2.24, 2.45) is 0 Å². The summed E-state index contributed by atoms with van der Waals surface area (Å²) in [5.74, 6) is 0. The van der Waals surface area contributed by atoms with Gasteiger partial charge in [0.15, 0.2) is 0 Å². The molecule has 0 amide bonds. The van der Waals surface area contributed by atoms with Crippen LogP contribution in [0, 0.1) is 0 Å². The molecule has 6 heavy (non-hydrogen) atoms. The van der Waals surface area contributed by atoms with Crippen molar-refractivity contribution in [3.05, 3.63) is 0 Å². The van der Waals surface area contributed by atoms with Crippen molar-refractivity contribution < 1.29 is 0 Å². The fourth-order valence-corrected chi connectivity index (χ4v) is 0. The van der Waals surface area contributed by atoms with Crippen LogP contribution >= 0.6 is 85.3 Å². The first-order valence-electron chi connectivity index (χ1n) is 1.12. The Hall–Kier alpha value is 3.35. The Balaban J connectivity index is 3.73. The van der Waals surface area contributed by atoms with E-state index in [2.05, 4.69) is 94.8 Å². The minimum atomic E-state index is -1.17. The van der Waals surface area contributed by atoms with Gasteiger partial charge in [-0.25, -0.2) is 0 Å². The molecule has 0 aliphatic heterocycles. The molecule has 0 aromatic heterocycles. The Morgan fingerprint density at radius 1 is 1.00 bits per heavy atom. The number of hydrogen-bond donors (Lipinski definition) is 0. The molecule has 0 spiro atoms. The van der Waals surface area contributed by atoms with Crippen LogP contribution in [0.4, 0.5) is 0 Å². The van der Waals surface area contributed by atoms with Gasteiger partial charge in [0.05, 0.1) is 0 Å². The van der Waals surface area contributed by atoms with Crippen molar-refractivity contribution in [1.29, 1.82) is 0 Å². The zero-order chi connectivity index (χ0) is 5.45. The van der Waals surface area contributed by atoms with Crippen molar-refractivity contribution in [2.45, 2.75) is 0 Å². The van der Waals surface area contributed by atoms with Crippen LogP contribution in [0.3, 0.4) is 0 Å². The molecule has 5 heteroatoms. The molecule has 0 fully saturated rings. The Labute approximate surface area is 89.8 Å². The van der Waals surface area contributed by atoms with Crippen LogP contribution in [0.5, 0.6) is 0 Å². The zero-order valence-electron chi connectivity index (χ0n) is 2.96. The Bertz CT molecular complexity index is 40.7. The second kappa shape index (κ2) is 2.53. The third-order valence-corrected chi connectivity index (χ3v) is 0. The summed E-state index contributed by atoms with van der Waals surface area (Å²) in [4.78, 5) is 0. The number of halogens is 4. The molecule has 0 radical (unpaired) electrons. The normalized spacial score (nSPS) is 19.2. The van der Waals surface area contributed by atoms with Crippen LogP contribution in [0.2, 0.25) is 0 Å². The fourth-order valence-electron chi connectivity index (χ4n) is 0. The second-order valence-electron chi connectivity index (χ2n) is 1.06. The molecule has 0 nitrogen and oxygen atoms in total. The maximum absolute atomic E-state index is 2.50. The van der Waals surface area contributed by atoms with E-state index >= 15 is 0 Å².